The molecule has 5 rings (SSSR count). The van der Waals surface area contributed by atoms with E-state index in [4.69, 9.17) is 4.74 Å². The number of benzene rings is 2. The number of rotatable bonds is 3. The van der Waals surface area contributed by atoms with Gasteiger partial charge in [-0.3, -0.25) is 9.69 Å². The molecule has 5 nitrogen and oxygen atoms in total. The van der Waals surface area contributed by atoms with E-state index in [1.807, 2.05) is 19.9 Å². The lowest BCUT2D eigenvalue weighted by Gasteiger charge is -2.29. The number of carbonyl (C=O) groups is 1. The molecule has 6 heteroatoms. The second kappa shape index (κ2) is 7.87. The van der Waals surface area contributed by atoms with Gasteiger partial charge in [-0.1, -0.05) is 24.3 Å². The van der Waals surface area contributed by atoms with Crippen LogP contribution in [-0.2, 0) is 16.1 Å². The molecule has 32 heavy (non-hydrogen) atoms. The number of nitrogens with zero attached hydrogens (tertiary/aromatic N) is 1. The summed E-state index contributed by atoms with van der Waals surface area (Å²) in [5.41, 5.74) is 4.23. The van der Waals surface area contributed by atoms with Crippen molar-refractivity contribution in [1.82, 2.24) is 4.90 Å². The van der Waals surface area contributed by atoms with Crippen molar-refractivity contribution in [3.8, 4) is 0 Å². The number of anilines is 1. The number of halogens is 1. The van der Waals surface area contributed by atoms with Crippen LogP contribution in [0.15, 0.2) is 54.3 Å². The third-order valence-electron chi connectivity index (χ3n) is 6.49. The molecule has 0 atom stereocenters. The number of fused-ring (bicyclic) bond motifs is 1. The standard InChI is InChI=1S/C26H27FN2O3/c1-26(2)21(17-5-3-16(4-6-17)15-29-11-9-19(30)10-12-29)14-23(32-26)24-20-8-7-18(27)13-22(20)28-25(24)31/h3-8,13-14,19,30H,9-12,15H2,1-2H3,(H,28,31). The monoisotopic (exact) mass is 434 g/mol. The maximum absolute atomic E-state index is 13.6. The molecule has 1 fully saturated rings. The number of ether oxygens (including phenoxy) is 1. The smallest absolute Gasteiger partial charge is 0.260 e. The molecule has 3 aliphatic rings. The molecule has 1 saturated heterocycles. The topological polar surface area (TPSA) is 61.8 Å². The highest BCUT2D eigenvalue weighted by atomic mass is 19.1. The molecule has 2 N–H and O–H groups in total. The molecule has 0 radical (unpaired) electrons. The van der Waals surface area contributed by atoms with Crippen molar-refractivity contribution in [2.45, 2.75) is 44.9 Å². The average Bonchev–Trinajstić information content (AvgIpc) is 3.24. The van der Waals surface area contributed by atoms with Crippen LogP contribution in [0.4, 0.5) is 10.1 Å². The molecule has 0 aromatic heterocycles. The Morgan fingerprint density at radius 2 is 1.88 bits per heavy atom. The summed E-state index contributed by atoms with van der Waals surface area (Å²) in [6, 6.07) is 12.7. The molecular formula is C26H27FN2O3. The van der Waals surface area contributed by atoms with E-state index in [2.05, 4.69) is 34.5 Å². The van der Waals surface area contributed by atoms with Crippen LogP contribution in [0.5, 0.6) is 0 Å². The van der Waals surface area contributed by atoms with Crippen molar-refractivity contribution in [2.24, 2.45) is 0 Å². The summed E-state index contributed by atoms with van der Waals surface area (Å²) in [6.45, 7) is 6.67. The number of aliphatic hydroxyl groups excluding tert-OH is 1. The Morgan fingerprint density at radius 1 is 1.16 bits per heavy atom. The van der Waals surface area contributed by atoms with E-state index < -0.39 is 5.60 Å². The van der Waals surface area contributed by atoms with Crippen molar-refractivity contribution < 1.29 is 19.0 Å². The summed E-state index contributed by atoms with van der Waals surface area (Å²) in [5, 5.41) is 12.4. The average molecular weight is 435 g/mol. The van der Waals surface area contributed by atoms with Gasteiger partial charge in [-0.25, -0.2) is 4.39 Å². The van der Waals surface area contributed by atoms with E-state index in [1.54, 1.807) is 6.07 Å². The Balaban J connectivity index is 1.42. The second-order valence-corrected chi connectivity index (χ2v) is 9.26. The van der Waals surface area contributed by atoms with Gasteiger partial charge in [-0.15, -0.1) is 0 Å². The maximum atomic E-state index is 13.6. The van der Waals surface area contributed by atoms with Crippen molar-refractivity contribution in [3.05, 3.63) is 76.8 Å². The maximum Gasteiger partial charge on any atom is 0.260 e. The van der Waals surface area contributed by atoms with E-state index in [0.717, 1.165) is 43.6 Å². The van der Waals surface area contributed by atoms with Gasteiger partial charge in [-0.05, 0) is 62.1 Å². The first kappa shape index (κ1) is 20.9. The summed E-state index contributed by atoms with van der Waals surface area (Å²) >= 11 is 0. The zero-order valence-electron chi connectivity index (χ0n) is 18.3. The van der Waals surface area contributed by atoms with Gasteiger partial charge in [0.25, 0.3) is 5.91 Å². The largest absolute Gasteiger partial charge is 0.482 e. The third-order valence-corrected chi connectivity index (χ3v) is 6.49. The number of aliphatic hydroxyl groups is 1. The highest BCUT2D eigenvalue weighted by Crippen LogP contribution is 2.44. The van der Waals surface area contributed by atoms with Gasteiger partial charge in [0, 0.05) is 30.8 Å². The molecule has 0 aliphatic carbocycles. The summed E-state index contributed by atoms with van der Waals surface area (Å²) in [7, 11) is 0. The van der Waals surface area contributed by atoms with Crippen LogP contribution in [0.3, 0.4) is 0 Å². The fraction of sp³-hybridized carbons (Fsp3) is 0.346. The molecule has 3 heterocycles. The molecule has 0 spiro atoms. The Labute approximate surface area is 187 Å². The first-order chi connectivity index (χ1) is 15.3. The van der Waals surface area contributed by atoms with Gasteiger partial charge in [0.2, 0.25) is 0 Å². The minimum atomic E-state index is -0.601. The van der Waals surface area contributed by atoms with Crippen LogP contribution in [0.2, 0.25) is 0 Å². The highest BCUT2D eigenvalue weighted by molar-refractivity contribution is 6.32. The van der Waals surface area contributed by atoms with Crippen molar-refractivity contribution >= 4 is 22.7 Å². The highest BCUT2D eigenvalue weighted by Gasteiger charge is 2.38. The van der Waals surface area contributed by atoms with E-state index in [0.29, 0.717) is 22.6 Å². The Bertz CT molecular complexity index is 1130. The normalized spacial score (nSPS) is 23.0. The van der Waals surface area contributed by atoms with Crippen molar-refractivity contribution in [2.75, 3.05) is 18.4 Å². The molecule has 0 unspecified atom stereocenters. The fourth-order valence-corrected chi connectivity index (χ4v) is 4.73. The number of amides is 1. The first-order valence-electron chi connectivity index (χ1n) is 11.1. The lowest BCUT2D eigenvalue weighted by Crippen LogP contribution is -2.35. The Morgan fingerprint density at radius 3 is 2.59 bits per heavy atom. The van der Waals surface area contributed by atoms with Gasteiger partial charge in [-0.2, -0.15) is 0 Å². The molecule has 0 bridgehead atoms. The Hall–Kier alpha value is -2.96. The van der Waals surface area contributed by atoms with E-state index in [9.17, 15) is 14.3 Å². The zero-order chi connectivity index (χ0) is 22.5. The zero-order valence-corrected chi connectivity index (χ0v) is 18.3. The number of carbonyl (C=O) groups excluding carboxylic acids is 1. The number of piperidine rings is 1. The SMILES string of the molecule is CC1(C)OC(=C2C(=O)Nc3cc(F)ccc32)C=C1c1ccc(CN2CCC(O)CC2)cc1. The fourth-order valence-electron chi connectivity index (χ4n) is 4.73. The third kappa shape index (κ3) is 3.85. The van der Waals surface area contributed by atoms with E-state index in [1.165, 1.54) is 17.7 Å². The van der Waals surface area contributed by atoms with Crippen LogP contribution in [0.25, 0.3) is 11.1 Å². The summed E-state index contributed by atoms with van der Waals surface area (Å²) in [4.78, 5) is 15.0. The molecule has 2 aromatic rings. The molecule has 3 aliphatic heterocycles. The molecule has 2 aromatic carbocycles. The predicted octanol–water partition coefficient (Wildman–Crippen LogP) is 4.34. The van der Waals surface area contributed by atoms with Gasteiger partial charge >= 0.3 is 0 Å². The van der Waals surface area contributed by atoms with Gasteiger partial charge < -0.3 is 15.2 Å². The quantitative estimate of drug-likeness (QED) is 0.706. The lowest BCUT2D eigenvalue weighted by atomic mass is 9.91. The predicted molar refractivity (Wildman–Crippen MR) is 122 cm³/mol. The van der Waals surface area contributed by atoms with Crippen LogP contribution >= 0.6 is 0 Å². The van der Waals surface area contributed by atoms with Gasteiger partial charge in [0.05, 0.1) is 17.4 Å². The second-order valence-electron chi connectivity index (χ2n) is 9.26. The van der Waals surface area contributed by atoms with Crippen molar-refractivity contribution in [1.29, 1.82) is 0 Å². The van der Waals surface area contributed by atoms with Crippen LogP contribution in [0, 0.1) is 5.82 Å². The van der Waals surface area contributed by atoms with Gasteiger partial charge in [0.1, 0.15) is 17.2 Å². The first-order valence-corrected chi connectivity index (χ1v) is 11.1. The minimum Gasteiger partial charge on any atom is -0.482 e. The van der Waals surface area contributed by atoms with E-state index in [-0.39, 0.29) is 17.8 Å². The van der Waals surface area contributed by atoms with Crippen LogP contribution < -0.4 is 5.32 Å². The summed E-state index contributed by atoms with van der Waals surface area (Å²) < 4.78 is 19.8. The minimum absolute atomic E-state index is 0.165. The number of likely N-dealkylation sites (tertiary alicyclic amines) is 1. The number of hydrogen-bond acceptors (Lipinski definition) is 4. The molecule has 1 amide bonds. The summed E-state index contributed by atoms with van der Waals surface area (Å²) in [5.74, 6) is -0.167. The molecule has 0 saturated carbocycles. The molecular weight excluding hydrogens is 407 g/mol. The summed E-state index contributed by atoms with van der Waals surface area (Å²) in [6.07, 6.45) is 3.42. The van der Waals surface area contributed by atoms with Crippen molar-refractivity contribution in [3.63, 3.8) is 0 Å². The number of hydrogen-bond donors (Lipinski definition) is 2. The number of nitrogens with one attached hydrogen (secondary N) is 1. The van der Waals surface area contributed by atoms with E-state index >= 15 is 0 Å². The Kier molecular flexibility index (Phi) is 5.14. The molecule has 166 valence electrons. The van der Waals surface area contributed by atoms with Crippen LogP contribution in [-0.4, -0.2) is 40.7 Å². The van der Waals surface area contributed by atoms with Crippen LogP contribution in [0.1, 0.15) is 43.4 Å². The lowest BCUT2D eigenvalue weighted by molar-refractivity contribution is -0.111. The van der Waals surface area contributed by atoms with Gasteiger partial charge in [0.15, 0.2) is 0 Å². The number of allylic oxidation sites excluding steroid dienone is 1.